The van der Waals surface area contributed by atoms with Gasteiger partial charge in [-0.25, -0.2) is 8.42 Å². The highest BCUT2D eigenvalue weighted by Gasteiger charge is 2.18. The summed E-state index contributed by atoms with van der Waals surface area (Å²) < 4.78 is 30.8. The van der Waals surface area contributed by atoms with Crippen molar-refractivity contribution in [1.29, 1.82) is 0 Å². The van der Waals surface area contributed by atoms with E-state index in [2.05, 4.69) is 22.0 Å². The summed E-state index contributed by atoms with van der Waals surface area (Å²) in [6.07, 6.45) is 3.28. The van der Waals surface area contributed by atoms with Gasteiger partial charge in [0.25, 0.3) is 5.91 Å². The number of nitrogens with zero attached hydrogens (tertiary/aromatic N) is 1. The van der Waals surface area contributed by atoms with Gasteiger partial charge >= 0.3 is 0 Å². The molecule has 1 aromatic heterocycles. The van der Waals surface area contributed by atoms with Crippen LogP contribution >= 0.6 is 0 Å². The molecule has 0 unspecified atom stereocenters. The largest absolute Gasteiger partial charge is 0.497 e. The van der Waals surface area contributed by atoms with E-state index in [9.17, 15) is 13.2 Å². The van der Waals surface area contributed by atoms with Gasteiger partial charge in [-0.1, -0.05) is 18.2 Å². The quantitative estimate of drug-likeness (QED) is 0.524. The number of rotatable bonds is 8. The minimum atomic E-state index is -3.66. The summed E-state index contributed by atoms with van der Waals surface area (Å²) in [6, 6.07) is 14.5. The zero-order chi connectivity index (χ0) is 22.4. The summed E-state index contributed by atoms with van der Waals surface area (Å²) in [7, 11) is -2.18. The van der Waals surface area contributed by atoms with Gasteiger partial charge in [0.1, 0.15) is 11.4 Å². The van der Waals surface area contributed by atoms with Crippen LogP contribution in [-0.4, -0.2) is 33.1 Å². The number of aromatic amines is 1. The van der Waals surface area contributed by atoms with Gasteiger partial charge in [-0.15, -0.1) is 0 Å². The highest BCUT2D eigenvalue weighted by atomic mass is 32.2. The number of ether oxygens (including phenoxy) is 1. The summed E-state index contributed by atoms with van der Waals surface area (Å²) in [5, 5.41) is 2.82. The monoisotopic (exact) mass is 437 g/mol. The first-order chi connectivity index (χ1) is 14.8. The first-order valence-electron chi connectivity index (χ1n) is 9.43. The van der Waals surface area contributed by atoms with E-state index < -0.39 is 9.84 Å². The Morgan fingerprint density at radius 3 is 2.58 bits per heavy atom. The molecule has 0 bridgehead atoms. The van der Waals surface area contributed by atoms with Crippen LogP contribution in [0.4, 0.5) is 0 Å². The van der Waals surface area contributed by atoms with E-state index in [1.807, 2.05) is 6.92 Å². The van der Waals surface area contributed by atoms with E-state index in [4.69, 9.17) is 4.74 Å². The lowest BCUT2D eigenvalue weighted by Gasteiger charge is -2.08. The van der Waals surface area contributed by atoms with Crippen molar-refractivity contribution in [2.75, 3.05) is 7.11 Å². The zero-order valence-corrected chi connectivity index (χ0v) is 18.1. The lowest BCUT2D eigenvalue weighted by molar-refractivity contribution is 0.0946. The molecule has 2 aromatic carbocycles. The number of hydrogen-bond acceptors (Lipinski definition) is 5. The van der Waals surface area contributed by atoms with Gasteiger partial charge in [-0.3, -0.25) is 9.79 Å². The molecular formula is C23H23N3O4S. The Balaban J connectivity index is 1.69. The minimum Gasteiger partial charge on any atom is -0.497 e. The lowest BCUT2D eigenvalue weighted by atomic mass is 10.2. The number of aliphatic imine (C=N–C) groups is 1. The number of sulfone groups is 1. The maximum Gasteiger partial charge on any atom is 0.267 e. The topological polar surface area (TPSA) is 101 Å². The normalized spacial score (nSPS) is 11.4. The molecular weight excluding hydrogens is 414 g/mol. The number of carbonyl (C=O) groups excluding carboxylic acids is 1. The molecule has 1 heterocycles. The SMILES string of the molecule is C=N/C=C\c1[nH]c(C(=O)NCc2ccc(S(=O)(=O)c3cccc(OC)c3)cc2)cc1C. The molecule has 31 heavy (non-hydrogen) atoms. The van der Waals surface area contributed by atoms with Crippen LogP contribution in [-0.2, 0) is 16.4 Å². The van der Waals surface area contributed by atoms with Gasteiger partial charge in [-0.05, 0) is 67.2 Å². The van der Waals surface area contributed by atoms with Crippen LogP contribution in [0, 0.1) is 6.92 Å². The number of aryl methyl sites for hydroxylation is 1. The van der Waals surface area contributed by atoms with Crippen molar-refractivity contribution in [3.8, 4) is 5.75 Å². The number of H-pyrrole nitrogens is 1. The Morgan fingerprint density at radius 2 is 1.90 bits per heavy atom. The first-order valence-corrected chi connectivity index (χ1v) is 10.9. The van der Waals surface area contributed by atoms with Crippen LogP contribution < -0.4 is 10.1 Å². The summed E-state index contributed by atoms with van der Waals surface area (Å²) >= 11 is 0. The Kier molecular flexibility index (Phi) is 6.71. The second-order valence-corrected chi connectivity index (χ2v) is 8.74. The fraction of sp³-hybridized carbons (Fsp3) is 0.130. The molecule has 0 saturated carbocycles. The number of carbonyl (C=O) groups is 1. The van der Waals surface area contributed by atoms with Crippen LogP contribution in [0.15, 0.2) is 75.6 Å². The van der Waals surface area contributed by atoms with Crippen molar-refractivity contribution in [3.05, 3.63) is 83.3 Å². The predicted molar refractivity (Wildman–Crippen MR) is 120 cm³/mol. The minimum absolute atomic E-state index is 0.159. The molecule has 0 aliphatic heterocycles. The van der Waals surface area contributed by atoms with E-state index in [1.165, 1.54) is 31.4 Å². The molecule has 160 valence electrons. The van der Waals surface area contributed by atoms with Crippen molar-refractivity contribution in [2.45, 2.75) is 23.3 Å². The summed E-state index contributed by atoms with van der Waals surface area (Å²) in [6.45, 7) is 5.53. The Bertz CT molecular complexity index is 1230. The number of hydrogen-bond donors (Lipinski definition) is 2. The fourth-order valence-corrected chi connectivity index (χ4v) is 4.26. The van der Waals surface area contributed by atoms with E-state index in [1.54, 1.807) is 42.6 Å². The van der Waals surface area contributed by atoms with Crippen LogP contribution in [0.25, 0.3) is 6.08 Å². The van der Waals surface area contributed by atoms with Crippen LogP contribution in [0.5, 0.6) is 5.75 Å². The van der Waals surface area contributed by atoms with Crippen molar-refractivity contribution in [3.63, 3.8) is 0 Å². The Hall–Kier alpha value is -3.65. The molecule has 3 aromatic rings. The molecule has 0 radical (unpaired) electrons. The van der Waals surface area contributed by atoms with Gasteiger partial charge in [0.2, 0.25) is 9.84 Å². The van der Waals surface area contributed by atoms with Crippen molar-refractivity contribution < 1.29 is 17.9 Å². The van der Waals surface area contributed by atoms with Crippen LogP contribution in [0.1, 0.15) is 27.3 Å². The van der Waals surface area contributed by atoms with Crippen molar-refractivity contribution >= 4 is 28.5 Å². The number of methoxy groups -OCH3 is 1. The van der Waals surface area contributed by atoms with E-state index in [-0.39, 0.29) is 22.2 Å². The third-order valence-electron chi connectivity index (χ3n) is 4.68. The molecule has 0 aliphatic rings. The number of aromatic nitrogens is 1. The second-order valence-electron chi connectivity index (χ2n) is 6.79. The maximum atomic E-state index is 12.8. The summed E-state index contributed by atoms with van der Waals surface area (Å²) in [5.74, 6) is 0.210. The molecule has 7 nitrogen and oxygen atoms in total. The van der Waals surface area contributed by atoms with E-state index >= 15 is 0 Å². The molecule has 8 heteroatoms. The highest BCUT2D eigenvalue weighted by Crippen LogP contribution is 2.24. The van der Waals surface area contributed by atoms with Crippen LogP contribution in [0.3, 0.4) is 0 Å². The van der Waals surface area contributed by atoms with Crippen molar-refractivity contribution in [1.82, 2.24) is 10.3 Å². The second kappa shape index (κ2) is 9.44. The molecule has 1 amide bonds. The van der Waals surface area contributed by atoms with Gasteiger partial charge < -0.3 is 15.0 Å². The predicted octanol–water partition coefficient (Wildman–Crippen LogP) is 3.77. The number of nitrogens with one attached hydrogen (secondary N) is 2. The van der Waals surface area contributed by atoms with E-state index in [0.717, 1.165) is 16.8 Å². The zero-order valence-electron chi connectivity index (χ0n) is 17.3. The smallest absolute Gasteiger partial charge is 0.267 e. The molecule has 0 saturated heterocycles. The molecule has 0 aliphatic carbocycles. The molecule has 2 N–H and O–H groups in total. The maximum absolute atomic E-state index is 12.8. The fourth-order valence-electron chi connectivity index (χ4n) is 2.97. The van der Waals surface area contributed by atoms with E-state index in [0.29, 0.717) is 11.4 Å². The van der Waals surface area contributed by atoms with Gasteiger partial charge in [0.15, 0.2) is 0 Å². The standard InChI is InChI=1S/C23H23N3O4S/c1-16-13-22(26-21(16)11-12-24-2)23(27)25-15-17-7-9-19(10-8-17)31(28,29)20-6-4-5-18(14-20)30-3/h4-14,26H,2,15H2,1,3H3,(H,25,27)/b12-11-. The number of amides is 1. The lowest BCUT2D eigenvalue weighted by Crippen LogP contribution is -2.23. The molecule has 0 fully saturated rings. The molecule has 0 atom stereocenters. The van der Waals surface area contributed by atoms with Gasteiger partial charge in [0, 0.05) is 18.4 Å². The molecule has 0 spiro atoms. The van der Waals surface area contributed by atoms with Crippen molar-refractivity contribution in [2.24, 2.45) is 4.99 Å². The average molecular weight is 438 g/mol. The van der Waals surface area contributed by atoms with Gasteiger partial charge in [-0.2, -0.15) is 0 Å². The summed E-state index contributed by atoms with van der Waals surface area (Å²) in [4.78, 5) is 19.4. The highest BCUT2D eigenvalue weighted by molar-refractivity contribution is 7.91. The third-order valence-corrected chi connectivity index (χ3v) is 6.45. The first kappa shape index (κ1) is 22.0. The average Bonchev–Trinajstić information content (AvgIpc) is 3.16. The summed E-state index contributed by atoms with van der Waals surface area (Å²) in [5.41, 5.74) is 2.90. The molecule has 3 rings (SSSR count). The third kappa shape index (κ3) is 5.10. The van der Waals surface area contributed by atoms with Gasteiger partial charge in [0.05, 0.1) is 16.9 Å². The Labute approximate surface area is 181 Å². The Morgan fingerprint density at radius 1 is 1.16 bits per heavy atom. The van der Waals surface area contributed by atoms with Crippen LogP contribution in [0.2, 0.25) is 0 Å². The number of benzene rings is 2.